The first-order chi connectivity index (χ1) is 12.0. The fourth-order valence-electron chi connectivity index (χ4n) is 2.33. The first kappa shape index (κ1) is 17.9. The summed E-state index contributed by atoms with van der Waals surface area (Å²) in [6, 6.07) is 11.9. The number of nitrogens with two attached hydrogens (primary N) is 1. The van der Waals surface area contributed by atoms with Crippen LogP contribution < -0.4 is 16.0 Å². The van der Waals surface area contributed by atoms with Gasteiger partial charge in [0.15, 0.2) is 0 Å². The zero-order chi connectivity index (χ0) is 18.2. The number of hydrogen-bond donors (Lipinski definition) is 2. The van der Waals surface area contributed by atoms with Crippen LogP contribution in [0.25, 0.3) is 0 Å². The van der Waals surface area contributed by atoms with Crippen molar-refractivity contribution < 1.29 is 9.59 Å². The van der Waals surface area contributed by atoms with Crippen LogP contribution in [-0.4, -0.2) is 29.9 Å². The molecule has 0 bridgehead atoms. The molecule has 25 heavy (non-hydrogen) atoms. The van der Waals surface area contributed by atoms with Crippen LogP contribution in [0.15, 0.2) is 42.6 Å². The van der Waals surface area contributed by atoms with Crippen molar-refractivity contribution >= 4 is 23.3 Å². The zero-order valence-corrected chi connectivity index (χ0v) is 13.9. The molecule has 0 aliphatic heterocycles. The number of anilines is 2. The van der Waals surface area contributed by atoms with Crippen LogP contribution in [-0.2, 0) is 4.79 Å². The second-order valence-electron chi connectivity index (χ2n) is 5.31. The molecule has 0 radical (unpaired) electrons. The molecule has 0 saturated carbocycles. The minimum Gasteiger partial charge on any atom is -0.366 e. The molecule has 2 amide bonds. The first-order valence-corrected chi connectivity index (χ1v) is 7.85. The van der Waals surface area contributed by atoms with Crippen LogP contribution in [0, 0.1) is 11.3 Å². The van der Waals surface area contributed by atoms with Crippen LogP contribution in [0.4, 0.5) is 11.5 Å². The van der Waals surface area contributed by atoms with Crippen molar-refractivity contribution in [2.45, 2.75) is 13.3 Å². The number of primary amides is 1. The molecule has 1 heterocycles. The van der Waals surface area contributed by atoms with Crippen LogP contribution in [0.3, 0.4) is 0 Å². The fourth-order valence-corrected chi connectivity index (χ4v) is 2.33. The number of benzene rings is 1. The normalized spacial score (nSPS) is 9.92. The fraction of sp³-hybridized carbons (Fsp3) is 0.222. The van der Waals surface area contributed by atoms with Crippen molar-refractivity contribution in [2.24, 2.45) is 5.73 Å². The van der Waals surface area contributed by atoms with E-state index in [2.05, 4.69) is 16.4 Å². The van der Waals surface area contributed by atoms with Crippen molar-refractivity contribution in [1.29, 1.82) is 5.26 Å². The maximum absolute atomic E-state index is 12.1. The lowest BCUT2D eigenvalue weighted by atomic mass is 10.2. The van der Waals surface area contributed by atoms with Crippen LogP contribution >= 0.6 is 0 Å². The smallest absolute Gasteiger partial charge is 0.248 e. The molecule has 3 N–H and O–H groups in total. The van der Waals surface area contributed by atoms with Crippen LogP contribution in [0.2, 0.25) is 0 Å². The summed E-state index contributed by atoms with van der Waals surface area (Å²) in [6.07, 6.45) is 1.87. The highest BCUT2D eigenvalue weighted by molar-refractivity contribution is 5.94. The molecule has 1 aromatic carbocycles. The van der Waals surface area contributed by atoms with E-state index in [4.69, 9.17) is 11.0 Å². The Balaban J connectivity index is 1.96. The Morgan fingerprint density at radius 2 is 2.00 bits per heavy atom. The van der Waals surface area contributed by atoms with E-state index in [0.29, 0.717) is 35.7 Å². The summed E-state index contributed by atoms with van der Waals surface area (Å²) < 4.78 is 0. The number of carbonyl (C=O) groups excluding carboxylic acids is 2. The second-order valence-corrected chi connectivity index (χ2v) is 5.31. The Bertz CT molecular complexity index is 796. The third kappa shape index (κ3) is 4.78. The number of pyridine rings is 1. The molecule has 2 aromatic rings. The van der Waals surface area contributed by atoms with Gasteiger partial charge in [-0.25, -0.2) is 4.98 Å². The molecule has 0 aliphatic carbocycles. The lowest BCUT2D eigenvalue weighted by Crippen LogP contribution is -2.29. The number of aromatic nitrogens is 1. The van der Waals surface area contributed by atoms with Crippen LogP contribution in [0.5, 0.6) is 0 Å². The van der Waals surface area contributed by atoms with E-state index >= 15 is 0 Å². The van der Waals surface area contributed by atoms with Crippen molar-refractivity contribution in [3.8, 4) is 6.07 Å². The highest BCUT2D eigenvalue weighted by Crippen LogP contribution is 2.16. The molecular weight excluding hydrogens is 318 g/mol. The van der Waals surface area contributed by atoms with Crippen molar-refractivity contribution in [2.75, 3.05) is 23.3 Å². The lowest BCUT2D eigenvalue weighted by Gasteiger charge is -2.22. The van der Waals surface area contributed by atoms with Gasteiger partial charge >= 0.3 is 0 Å². The van der Waals surface area contributed by atoms with Gasteiger partial charge in [0.1, 0.15) is 11.9 Å². The topological polar surface area (TPSA) is 112 Å². The van der Waals surface area contributed by atoms with Gasteiger partial charge < -0.3 is 16.0 Å². The maximum atomic E-state index is 12.1. The van der Waals surface area contributed by atoms with E-state index in [1.54, 1.807) is 42.6 Å². The molecule has 0 atom stereocenters. The van der Waals surface area contributed by atoms with E-state index in [9.17, 15) is 9.59 Å². The largest absolute Gasteiger partial charge is 0.366 e. The minimum absolute atomic E-state index is 0.167. The van der Waals surface area contributed by atoms with Crippen LogP contribution in [0.1, 0.15) is 29.3 Å². The van der Waals surface area contributed by atoms with Gasteiger partial charge in [-0.15, -0.1) is 0 Å². The number of nitrogens with zero attached hydrogens (tertiary/aromatic N) is 3. The van der Waals surface area contributed by atoms with Gasteiger partial charge in [0.05, 0.1) is 5.56 Å². The summed E-state index contributed by atoms with van der Waals surface area (Å²) in [4.78, 5) is 29.3. The van der Waals surface area contributed by atoms with Gasteiger partial charge in [0, 0.05) is 37.0 Å². The lowest BCUT2D eigenvalue weighted by molar-refractivity contribution is -0.116. The quantitative estimate of drug-likeness (QED) is 0.801. The Morgan fingerprint density at radius 1 is 1.28 bits per heavy atom. The summed E-state index contributed by atoms with van der Waals surface area (Å²) >= 11 is 0. The summed E-state index contributed by atoms with van der Waals surface area (Å²) in [5.41, 5.74) is 6.63. The molecule has 2 rings (SSSR count). The molecule has 0 unspecified atom stereocenters. The van der Waals surface area contributed by atoms with Gasteiger partial charge in [0.25, 0.3) is 0 Å². The van der Waals surface area contributed by atoms with E-state index < -0.39 is 5.91 Å². The highest BCUT2D eigenvalue weighted by Gasteiger charge is 2.13. The Kier molecular flexibility index (Phi) is 6.07. The highest BCUT2D eigenvalue weighted by atomic mass is 16.2. The summed E-state index contributed by atoms with van der Waals surface area (Å²) in [5, 5.41) is 11.9. The third-order valence-corrected chi connectivity index (χ3v) is 3.65. The van der Waals surface area contributed by atoms with Gasteiger partial charge in [-0.1, -0.05) is 0 Å². The zero-order valence-electron chi connectivity index (χ0n) is 13.9. The SMILES string of the molecule is CCN(CCC(=O)Nc1ccc(C(N)=O)cc1)c1ncccc1C#N. The second kappa shape index (κ2) is 8.45. The Labute approximate surface area is 146 Å². The number of hydrogen-bond acceptors (Lipinski definition) is 5. The van der Waals surface area contributed by atoms with E-state index in [-0.39, 0.29) is 12.3 Å². The van der Waals surface area contributed by atoms with Gasteiger partial charge in [-0.3, -0.25) is 9.59 Å². The Morgan fingerprint density at radius 3 is 2.60 bits per heavy atom. The van der Waals surface area contributed by atoms with E-state index in [1.165, 1.54) is 0 Å². The minimum atomic E-state index is -0.514. The standard InChI is InChI=1S/C18H19N5O2/c1-2-23(18-14(12-19)4-3-10-21-18)11-9-16(24)22-15-7-5-13(6-8-15)17(20)25/h3-8,10H,2,9,11H2,1H3,(H2,20,25)(H,22,24). The molecule has 0 spiro atoms. The molecule has 0 fully saturated rings. The number of nitrogens with one attached hydrogen (secondary N) is 1. The molecule has 0 saturated heterocycles. The average molecular weight is 337 g/mol. The molecular formula is C18H19N5O2. The number of carbonyl (C=O) groups is 2. The first-order valence-electron chi connectivity index (χ1n) is 7.85. The predicted octanol–water partition coefficient (Wildman–Crippen LogP) is 1.91. The van der Waals surface area contributed by atoms with Gasteiger partial charge in [-0.2, -0.15) is 5.26 Å². The monoisotopic (exact) mass is 337 g/mol. The number of amides is 2. The maximum Gasteiger partial charge on any atom is 0.248 e. The van der Waals surface area contributed by atoms with Gasteiger partial charge in [-0.05, 0) is 43.3 Å². The van der Waals surface area contributed by atoms with E-state index in [0.717, 1.165) is 0 Å². The molecule has 7 nitrogen and oxygen atoms in total. The van der Waals surface area contributed by atoms with E-state index in [1.807, 2.05) is 11.8 Å². The number of rotatable bonds is 7. The van der Waals surface area contributed by atoms with Crippen molar-refractivity contribution in [3.05, 3.63) is 53.7 Å². The number of nitriles is 1. The average Bonchev–Trinajstić information content (AvgIpc) is 2.63. The molecule has 1 aromatic heterocycles. The van der Waals surface area contributed by atoms with Gasteiger partial charge in [0.2, 0.25) is 11.8 Å². The summed E-state index contributed by atoms with van der Waals surface area (Å²) in [5.74, 6) is -0.106. The third-order valence-electron chi connectivity index (χ3n) is 3.65. The summed E-state index contributed by atoms with van der Waals surface area (Å²) in [7, 11) is 0. The molecule has 7 heteroatoms. The molecule has 0 aliphatic rings. The Hall–Kier alpha value is -3.40. The summed E-state index contributed by atoms with van der Waals surface area (Å²) in [6.45, 7) is 3.01. The van der Waals surface area contributed by atoms with Crippen molar-refractivity contribution in [1.82, 2.24) is 4.98 Å². The predicted molar refractivity (Wildman–Crippen MR) is 95.0 cm³/mol. The molecule has 128 valence electrons. The van der Waals surface area contributed by atoms with Crippen molar-refractivity contribution in [3.63, 3.8) is 0 Å².